The van der Waals surface area contributed by atoms with E-state index in [2.05, 4.69) is 10.3 Å². The average Bonchev–Trinajstić information content (AvgIpc) is 2.98. The Hall–Kier alpha value is -1.65. The van der Waals surface area contributed by atoms with Gasteiger partial charge in [-0.15, -0.1) is 0 Å². The third-order valence-corrected chi connectivity index (χ3v) is 4.40. The molecule has 0 aromatic carbocycles. The van der Waals surface area contributed by atoms with Gasteiger partial charge >= 0.3 is 5.69 Å². The van der Waals surface area contributed by atoms with Crippen LogP contribution in [0.15, 0.2) is 18.3 Å². The molecule has 3 atom stereocenters. The molecule has 1 N–H and O–H groups in total. The van der Waals surface area contributed by atoms with Crippen LogP contribution >= 0.6 is 0 Å². The van der Waals surface area contributed by atoms with Crippen LogP contribution in [0.4, 0.5) is 11.5 Å². The normalized spacial score (nSPS) is 29.4. The molecule has 2 saturated carbocycles. The van der Waals surface area contributed by atoms with Crippen LogP contribution in [0.25, 0.3) is 0 Å². The van der Waals surface area contributed by atoms with Crippen LogP contribution in [0.3, 0.4) is 0 Å². The van der Waals surface area contributed by atoms with Gasteiger partial charge in [-0.1, -0.05) is 6.42 Å². The number of hydrogen-bond donors (Lipinski definition) is 1. The Morgan fingerprint density at radius 1 is 1.44 bits per heavy atom. The van der Waals surface area contributed by atoms with E-state index in [1.54, 1.807) is 12.3 Å². The third-order valence-electron chi connectivity index (χ3n) is 4.40. The maximum atomic E-state index is 10.9. The van der Waals surface area contributed by atoms with E-state index in [9.17, 15) is 10.1 Å². The number of nitrogens with one attached hydrogen (secondary N) is 1. The summed E-state index contributed by atoms with van der Waals surface area (Å²) in [6.07, 6.45) is 6.94. The Balaban J connectivity index is 1.65. The molecule has 2 aliphatic rings. The smallest absolute Gasteiger partial charge is 0.311 e. The Kier molecular flexibility index (Phi) is 2.89. The van der Waals surface area contributed by atoms with Gasteiger partial charge in [0.1, 0.15) is 0 Å². The summed E-state index contributed by atoms with van der Waals surface area (Å²) in [6.45, 7) is 0.818. The lowest BCUT2D eigenvalue weighted by Gasteiger charge is -2.21. The second-order valence-corrected chi connectivity index (χ2v) is 5.44. The van der Waals surface area contributed by atoms with Crippen LogP contribution in [0.5, 0.6) is 0 Å². The molecule has 3 rings (SSSR count). The molecule has 1 heterocycles. The standard InChI is InChI=1S/C13H17N3O2/c17-16(18)12-2-1-5-14-13(12)15-8-11-7-9-3-4-10(11)6-9/h1-2,5,9-11H,3-4,6-8H2,(H,14,15). The summed E-state index contributed by atoms with van der Waals surface area (Å²) in [7, 11) is 0. The number of nitrogens with zero attached hydrogens (tertiary/aromatic N) is 2. The molecule has 0 aliphatic heterocycles. The van der Waals surface area contributed by atoms with Crippen LogP contribution in [-0.2, 0) is 0 Å². The maximum absolute atomic E-state index is 10.9. The molecule has 2 bridgehead atoms. The Labute approximate surface area is 106 Å². The number of rotatable bonds is 4. The van der Waals surface area contributed by atoms with Gasteiger partial charge in [0.2, 0.25) is 5.82 Å². The molecule has 1 aromatic rings. The molecule has 96 valence electrons. The van der Waals surface area contributed by atoms with Crippen molar-refractivity contribution in [2.24, 2.45) is 17.8 Å². The van der Waals surface area contributed by atoms with Gasteiger partial charge in [0.25, 0.3) is 0 Å². The van der Waals surface area contributed by atoms with E-state index in [0.717, 1.165) is 18.4 Å². The van der Waals surface area contributed by atoms with E-state index in [1.807, 2.05) is 0 Å². The zero-order chi connectivity index (χ0) is 12.5. The quantitative estimate of drug-likeness (QED) is 0.656. The first-order chi connectivity index (χ1) is 8.74. The van der Waals surface area contributed by atoms with Gasteiger partial charge in [0, 0.05) is 18.8 Å². The number of aromatic nitrogens is 1. The molecule has 5 heteroatoms. The highest BCUT2D eigenvalue weighted by Gasteiger charge is 2.39. The van der Waals surface area contributed by atoms with Gasteiger partial charge in [-0.2, -0.15) is 0 Å². The van der Waals surface area contributed by atoms with Crippen molar-refractivity contribution in [1.29, 1.82) is 0 Å². The fraction of sp³-hybridized carbons (Fsp3) is 0.615. The predicted octanol–water partition coefficient (Wildman–Crippen LogP) is 2.84. The Bertz CT molecular complexity index is 463. The minimum absolute atomic E-state index is 0.0701. The van der Waals surface area contributed by atoms with Gasteiger partial charge in [0.05, 0.1) is 4.92 Å². The van der Waals surface area contributed by atoms with Crippen LogP contribution in [0.2, 0.25) is 0 Å². The van der Waals surface area contributed by atoms with E-state index in [0.29, 0.717) is 11.7 Å². The molecule has 18 heavy (non-hydrogen) atoms. The van der Waals surface area contributed by atoms with Crippen molar-refractivity contribution in [3.8, 4) is 0 Å². The molecule has 3 unspecified atom stereocenters. The molecule has 0 radical (unpaired) electrons. The van der Waals surface area contributed by atoms with E-state index in [1.165, 1.54) is 31.7 Å². The number of anilines is 1. The molecule has 1 aromatic heterocycles. The zero-order valence-corrected chi connectivity index (χ0v) is 10.2. The maximum Gasteiger partial charge on any atom is 0.311 e. The van der Waals surface area contributed by atoms with Crippen LogP contribution in [0.1, 0.15) is 25.7 Å². The van der Waals surface area contributed by atoms with Gasteiger partial charge in [-0.05, 0) is 43.1 Å². The van der Waals surface area contributed by atoms with Crippen molar-refractivity contribution in [2.75, 3.05) is 11.9 Å². The average molecular weight is 247 g/mol. The van der Waals surface area contributed by atoms with Crippen LogP contribution in [-0.4, -0.2) is 16.5 Å². The van der Waals surface area contributed by atoms with Gasteiger partial charge in [0.15, 0.2) is 0 Å². The summed E-state index contributed by atoms with van der Waals surface area (Å²) in [5, 5.41) is 14.0. The topological polar surface area (TPSA) is 68.1 Å². The van der Waals surface area contributed by atoms with E-state index >= 15 is 0 Å². The number of hydrogen-bond acceptors (Lipinski definition) is 4. The van der Waals surface area contributed by atoms with Crippen LogP contribution in [0, 0.1) is 27.9 Å². The molecule has 2 aliphatic carbocycles. The summed E-state index contributed by atoms with van der Waals surface area (Å²) in [4.78, 5) is 14.6. The lowest BCUT2D eigenvalue weighted by molar-refractivity contribution is -0.384. The number of fused-ring (bicyclic) bond motifs is 2. The summed E-state index contributed by atoms with van der Waals surface area (Å²) >= 11 is 0. The Morgan fingerprint density at radius 2 is 2.33 bits per heavy atom. The monoisotopic (exact) mass is 247 g/mol. The Morgan fingerprint density at radius 3 is 3.00 bits per heavy atom. The second kappa shape index (κ2) is 4.55. The highest BCUT2D eigenvalue weighted by Crippen LogP contribution is 2.48. The molecule has 2 fully saturated rings. The van der Waals surface area contributed by atoms with Gasteiger partial charge < -0.3 is 5.32 Å². The van der Waals surface area contributed by atoms with Crippen molar-refractivity contribution in [3.63, 3.8) is 0 Å². The van der Waals surface area contributed by atoms with Crippen molar-refractivity contribution in [1.82, 2.24) is 4.98 Å². The fourth-order valence-corrected chi connectivity index (χ4v) is 3.53. The van der Waals surface area contributed by atoms with Crippen molar-refractivity contribution in [3.05, 3.63) is 28.4 Å². The number of pyridine rings is 1. The van der Waals surface area contributed by atoms with Crippen LogP contribution < -0.4 is 5.32 Å². The lowest BCUT2D eigenvalue weighted by atomic mass is 9.89. The predicted molar refractivity (Wildman–Crippen MR) is 68.3 cm³/mol. The number of nitro groups is 1. The summed E-state index contributed by atoms with van der Waals surface area (Å²) in [5.41, 5.74) is 0.0701. The summed E-state index contributed by atoms with van der Waals surface area (Å²) in [6, 6.07) is 3.09. The summed E-state index contributed by atoms with van der Waals surface area (Å²) in [5.74, 6) is 2.81. The SMILES string of the molecule is O=[N+]([O-])c1cccnc1NCC1CC2CCC1C2. The van der Waals surface area contributed by atoms with Crippen molar-refractivity contribution >= 4 is 11.5 Å². The molecule has 5 nitrogen and oxygen atoms in total. The highest BCUT2D eigenvalue weighted by molar-refractivity contribution is 5.55. The first-order valence-electron chi connectivity index (χ1n) is 6.57. The van der Waals surface area contributed by atoms with Crippen molar-refractivity contribution in [2.45, 2.75) is 25.7 Å². The molecular weight excluding hydrogens is 230 g/mol. The lowest BCUT2D eigenvalue weighted by Crippen LogP contribution is -2.20. The molecule has 0 saturated heterocycles. The third kappa shape index (κ3) is 2.05. The molecular formula is C13H17N3O2. The van der Waals surface area contributed by atoms with E-state index in [-0.39, 0.29) is 10.6 Å². The zero-order valence-electron chi connectivity index (χ0n) is 10.2. The first kappa shape index (κ1) is 11.4. The van der Waals surface area contributed by atoms with Crippen molar-refractivity contribution < 1.29 is 4.92 Å². The fourth-order valence-electron chi connectivity index (χ4n) is 3.53. The molecule has 0 spiro atoms. The minimum atomic E-state index is -0.379. The first-order valence-corrected chi connectivity index (χ1v) is 6.57. The second-order valence-electron chi connectivity index (χ2n) is 5.44. The minimum Gasteiger partial charge on any atom is -0.364 e. The van der Waals surface area contributed by atoms with E-state index in [4.69, 9.17) is 0 Å². The van der Waals surface area contributed by atoms with Gasteiger partial charge in [-0.25, -0.2) is 4.98 Å². The highest BCUT2D eigenvalue weighted by atomic mass is 16.6. The summed E-state index contributed by atoms with van der Waals surface area (Å²) < 4.78 is 0. The van der Waals surface area contributed by atoms with E-state index < -0.39 is 0 Å². The van der Waals surface area contributed by atoms with Gasteiger partial charge in [-0.3, -0.25) is 10.1 Å². The largest absolute Gasteiger partial charge is 0.364 e. The molecule has 0 amide bonds.